The number of halogens is 1. The van der Waals surface area contributed by atoms with Crippen molar-refractivity contribution in [1.82, 2.24) is 9.88 Å². The van der Waals surface area contributed by atoms with Crippen molar-refractivity contribution in [3.8, 4) is 5.75 Å². The fourth-order valence-corrected chi connectivity index (χ4v) is 4.00. The van der Waals surface area contributed by atoms with Crippen LogP contribution in [0.5, 0.6) is 5.75 Å². The Labute approximate surface area is 185 Å². The van der Waals surface area contributed by atoms with E-state index in [1.807, 2.05) is 13.0 Å². The Balaban J connectivity index is 1.85. The minimum absolute atomic E-state index is 0.306. The normalized spacial score (nSPS) is 13.1. The molecule has 1 heterocycles. The number of aromatic nitrogens is 1. The molecule has 2 unspecified atom stereocenters. The Morgan fingerprint density at radius 3 is 2.35 bits per heavy atom. The minimum atomic E-state index is -0.881. The Morgan fingerprint density at radius 2 is 1.81 bits per heavy atom. The lowest BCUT2D eigenvalue weighted by Gasteiger charge is -2.18. The number of carbonyl (C=O) groups is 2. The average Bonchev–Trinajstić information content (AvgIpc) is 3.10. The highest BCUT2D eigenvalue weighted by Gasteiger charge is 2.22. The van der Waals surface area contributed by atoms with Gasteiger partial charge < -0.3 is 24.8 Å². The maximum atomic E-state index is 13.0. The van der Waals surface area contributed by atoms with Crippen molar-refractivity contribution in [3.05, 3.63) is 64.3 Å². The maximum absolute atomic E-state index is 13.0. The second-order valence-electron chi connectivity index (χ2n) is 7.28. The maximum Gasteiger partial charge on any atom is 0.310 e. The molecule has 2 atom stereocenters. The molecule has 164 valence electrons. The molecule has 0 saturated carbocycles. The number of nitrogens with one attached hydrogen (secondary N) is 1. The van der Waals surface area contributed by atoms with Crippen molar-refractivity contribution >= 4 is 34.4 Å². The van der Waals surface area contributed by atoms with E-state index in [1.165, 1.54) is 7.11 Å². The molecule has 0 spiro atoms. The molecule has 0 aliphatic carbocycles. The fraction of sp³-hybridized carbons (Fsp3) is 0.304. The molecule has 3 aromatic rings. The highest BCUT2D eigenvalue weighted by Crippen LogP contribution is 2.34. The van der Waals surface area contributed by atoms with Gasteiger partial charge in [-0.1, -0.05) is 42.8 Å². The number of carbonyl (C=O) groups excluding carboxylic acids is 1. The Bertz CT molecular complexity index is 1110. The number of aliphatic hydroxyl groups is 1. The van der Waals surface area contributed by atoms with Crippen molar-refractivity contribution in [2.45, 2.75) is 25.3 Å². The number of fused-ring (bicyclic) bond motifs is 1. The molecule has 0 aliphatic rings. The highest BCUT2D eigenvalue weighted by atomic mass is 35.5. The van der Waals surface area contributed by atoms with E-state index in [0.29, 0.717) is 39.4 Å². The molecule has 1 aromatic heterocycles. The lowest BCUT2D eigenvalue weighted by molar-refractivity contribution is -0.138. The monoisotopic (exact) mass is 444 g/mol. The van der Waals surface area contributed by atoms with E-state index in [9.17, 15) is 19.8 Å². The molecule has 7 nitrogen and oxygen atoms in total. The van der Waals surface area contributed by atoms with Gasteiger partial charge in [0.1, 0.15) is 11.4 Å². The van der Waals surface area contributed by atoms with E-state index in [-0.39, 0.29) is 12.5 Å². The van der Waals surface area contributed by atoms with Gasteiger partial charge in [0, 0.05) is 12.4 Å². The third-order valence-electron chi connectivity index (χ3n) is 5.51. The molecule has 0 bridgehead atoms. The predicted molar refractivity (Wildman–Crippen MR) is 119 cm³/mol. The van der Waals surface area contributed by atoms with Crippen molar-refractivity contribution in [2.75, 3.05) is 13.7 Å². The molecule has 8 heteroatoms. The van der Waals surface area contributed by atoms with Crippen LogP contribution in [0.3, 0.4) is 0 Å². The molecule has 31 heavy (non-hydrogen) atoms. The number of hydrogen-bond donors (Lipinski definition) is 3. The summed E-state index contributed by atoms with van der Waals surface area (Å²) >= 11 is 6.38. The first-order valence-electron chi connectivity index (χ1n) is 9.88. The number of carboxylic acid groups (broad SMARTS) is 1. The number of ether oxygens (including phenoxy) is 1. The zero-order valence-electron chi connectivity index (χ0n) is 17.6. The van der Waals surface area contributed by atoms with Crippen molar-refractivity contribution < 1.29 is 24.5 Å². The third-order valence-corrected chi connectivity index (χ3v) is 5.90. The third kappa shape index (κ3) is 4.38. The standard InChI is InChI=1S/C23H25ClN2O5/c1-4-15(23(29)30)13-5-7-14(8-6-13)17(12-27)25-22(28)19-11-16-18(26(19)2)9-10-20(31-3)21(16)24/h5-11,15,17,27H,4,12H2,1-3H3,(H,25,28)(H,29,30). The first-order chi connectivity index (χ1) is 14.8. The average molecular weight is 445 g/mol. The first-order valence-corrected chi connectivity index (χ1v) is 10.3. The molecule has 3 rings (SSSR count). The van der Waals surface area contributed by atoms with Crippen molar-refractivity contribution in [1.29, 1.82) is 0 Å². The number of amides is 1. The van der Waals surface area contributed by atoms with Crippen LogP contribution in [0.2, 0.25) is 5.02 Å². The fourth-order valence-electron chi connectivity index (χ4n) is 3.71. The van der Waals surface area contributed by atoms with E-state index in [4.69, 9.17) is 16.3 Å². The van der Waals surface area contributed by atoms with Gasteiger partial charge in [0.15, 0.2) is 0 Å². The summed E-state index contributed by atoms with van der Waals surface area (Å²) in [6, 6.07) is 11.5. The second-order valence-corrected chi connectivity index (χ2v) is 7.66. The molecule has 0 aliphatic heterocycles. The van der Waals surface area contributed by atoms with Gasteiger partial charge >= 0.3 is 5.97 Å². The number of benzene rings is 2. The molecule has 3 N–H and O–H groups in total. The number of aliphatic hydroxyl groups excluding tert-OH is 1. The van der Waals surface area contributed by atoms with Crippen LogP contribution in [0.25, 0.3) is 10.9 Å². The summed E-state index contributed by atoms with van der Waals surface area (Å²) in [7, 11) is 3.29. The number of nitrogens with zero attached hydrogens (tertiary/aromatic N) is 1. The van der Waals surface area contributed by atoms with E-state index in [1.54, 1.807) is 48.0 Å². The summed E-state index contributed by atoms with van der Waals surface area (Å²) in [4.78, 5) is 24.3. The first kappa shape index (κ1) is 22.7. The van der Waals surface area contributed by atoms with Gasteiger partial charge in [-0.15, -0.1) is 0 Å². The number of methoxy groups -OCH3 is 1. The number of aryl methyl sites for hydroxylation is 1. The van der Waals surface area contributed by atoms with Gasteiger partial charge in [-0.25, -0.2) is 0 Å². The van der Waals surface area contributed by atoms with Crippen LogP contribution >= 0.6 is 11.6 Å². The lowest BCUT2D eigenvalue weighted by atomic mass is 9.94. The van der Waals surface area contributed by atoms with Gasteiger partial charge in [0.2, 0.25) is 0 Å². The van der Waals surface area contributed by atoms with E-state index in [0.717, 1.165) is 5.52 Å². The van der Waals surface area contributed by atoms with Crippen LogP contribution in [0.1, 0.15) is 46.9 Å². The van der Waals surface area contributed by atoms with Gasteiger partial charge in [-0.3, -0.25) is 9.59 Å². The molecule has 2 aromatic carbocycles. The molecule has 0 fully saturated rings. The van der Waals surface area contributed by atoms with E-state index >= 15 is 0 Å². The zero-order valence-corrected chi connectivity index (χ0v) is 18.3. The topological polar surface area (TPSA) is 101 Å². The number of carboxylic acids is 1. The smallest absolute Gasteiger partial charge is 0.310 e. The van der Waals surface area contributed by atoms with Crippen LogP contribution in [0, 0.1) is 0 Å². The highest BCUT2D eigenvalue weighted by molar-refractivity contribution is 6.37. The summed E-state index contributed by atoms with van der Waals surface area (Å²) < 4.78 is 6.97. The summed E-state index contributed by atoms with van der Waals surface area (Å²) in [5.74, 6) is -1.32. The van der Waals surface area contributed by atoms with Crippen LogP contribution in [-0.4, -0.2) is 40.4 Å². The van der Waals surface area contributed by atoms with Gasteiger partial charge in [0.25, 0.3) is 5.91 Å². The second kappa shape index (κ2) is 9.41. The number of aliphatic carboxylic acids is 1. The minimum Gasteiger partial charge on any atom is -0.495 e. The van der Waals surface area contributed by atoms with Crippen LogP contribution in [0.4, 0.5) is 0 Å². The van der Waals surface area contributed by atoms with Crippen LogP contribution < -0.4 is 10.1 Å². The summed E-state index contributed by atoms with van der Waals surface area (Å²) in [6.07, 6.45) is 0.475. The summed E-state index contributed by atoms with van der Waals surface area (Å²) in [5.41, 5.74) is 2.52. The summed E-state index contributed by atoms with van der Waals surface area (Å²) in [6.45, 7) is 1.51. The molecular weight excluding hydrogens is 420 g/mol. The molecule has 1 amide bonds. The molecule has 0 saturated heterocycles. The Hall–Kier alpha value is -3.03. The Kier molecular flexibility index (Phi) is 6.87. The van der Waals surface area contributed by atoms with Gasteiger partial charge in [-0.05, 0) is 35.7 Å². The van der Waals surface area contributed by atoms with Crippen molar-refractivity contribution in [2.24, 2.45) is 7.05 Å². The Morgan fingerprint density at radius 1 is 1.16 bits per heavy atom. The zero-order chi connectivity index (χ0) is 22.7. The molecular formula is C23H25ClN2O5. The quantitative estimate of drug-likeness (QED) is 0.489. The van der Waals surface area contributed by atoms with E-state index in [2.05, 4.69) is 5.32 Å². The SMILES string of the molecule is CCC(C(=O)O)c1ccc(C(CO)NC(=O)c2cc3c(Cl)c(OC)ccc3n2C)cc1. The molecule has 0 radical (unpaired) electrons. The summed E-state index contributed by atoms with van der Waals surface area (Å²) in [5, 5.41) is 23.1. The predicted octanol–water partition coefficient (Wildman–Crippen LogP) is 3.88. The van der Waals surface area contributed by atoms with Crippen molar-refractivity contribution in [3.63, 3.8) is 0 Å². The lowest BCUT2D eigenvalue weighted by Crippen LogP contribution is -2.32. The number of rotatable bonds is 8. The van der Waals surface area contributed by atoms with Crippen LogP contribution in [-0.2, 0) is 11.8 Å². The number of hydrogen-bond acceptors (Lipinski definition) is 4. The van der Waals surface area contributed by atoms with Gasteiger partial charge in [-0.2, -0.15) is 0 Å². The van der Waals surface area contributed by atoms with E-state index < -0.39 is 17.9 Å². The largest absolute Gasteiger partial charge is 0.495 e. The van der Waals surface area contributed by atoms with Crippen LogP contribution in [0.15, 0.2) is 42.5 Å². The van der Waals surface area contributed by atoms with Gasteiger partial charge in [0.05, 0.1) is 36.2 Å².